The van der Waals surface area contributed by atoms with Crippen LogP contribution in [0.25, 0.3) is 72.6 Å². The summed E-state index contributed by atoms with van der Waals surface area (Å²) in [4.78, 5) is 14.4. The zero-order valence-electron chi connectivity index (χ0n) is 37.8. The molecule has 5 aromatic carbocycles. The van der Waals surface area contributed by atoms with Crippen LogP contribution in [0.5, 0.6) is 0 Å². The Kier molecular flexibility index (Phi) is 11.5. The van der Waals surface area contributed by atoms with Crippen LogP contribution in [0.15, 0.2) is 138 Å². The molecule has 4 heterocycles. The van der Waals surface area contributed by atoms with Crippen LogP contribution < -0.4 is 5.19 Å². The smallest absolute Gasteiger partial charge is 0.216 e. The van der Waals surface area contributed by atoms with Crippen LogP contribution >= 0.6 is 0 Å². The van der Waals surface area contributed by atoms with Gasteiger partial charge in [0.25, 0.3) is 0 Å². The Morgan fingerprint density at radius 1 is 0.800 bits per heavy atom. The van der Waals surface area contributed by atoms with Gasteiger partial charge in [0.2, 0.25) is 5.71 Å². The number of imidazole rings is 1. The molecule has 305 valence electrons. The number of aryl methyl sites for hydroxylation is 1. The minimum Gasteiger partial charge on any atom is -0.486 e. The van der Waals surface area contributed by atoms with Crippen LogP contribution in [0.1, 0.15) is 54.2 Å². The first kappa shape index (κ1) is 40.0. The van der Waals surface area contributed by atoms with Gasteiger partial charge < -0.3 is 14.0 Å². The van der Waals surface area contributed by atoms with E-state index in [2.05, 4.69) is 135 Å². The number of benzene rings is 5. The van der Waals surface area contributed by atoms with E-state index in [0.717, 1.165) is 83.3 Å². The largest absolute Gasteiger partial charge is 0.486 e. The second kappa shape index (κ2) is 17.3. The van der Waals surface area contributed by atoms with Gasteiger partial charge in [0.05, 0.1) is 30.5 Å². The van der Waals surface area contributed by atoms with Crippen LogP contribution in [-0.4, -0.2) is 27.6 Å². The van der Waals surface area contributed by atoms with Gasteiger partial charge in [-0.2, -0.15) is 0 Å². The summed E-state index contributed by atoms with van der Waals surface area (Å²) in [7, 11) is -1.71. The van der Waals surface area contributed by atoms with Gasteiger partial charge in [0, 0.05) is 51.4 Å². The Morgan fingerprint density at radius 2 is 1.52 bits per heavy atom. The molecular weight excluding hydrogens is 929 g/mol. The molecule has 0 bridgehead atoms. The molecule has 7 heteroatoms. The van der Waals surface area contributed by atoms with Crippen molar-refractivity contribution < 1.29 is 27.3 Å². The number of rotatable bonds is 7. The van der Waals surface area contributed by atoms with Gasteiger partial charge in [0.1, 0.15) is 0 Å². The molecule has 0 saturated heterocycles. The first-order valence-electron chi connectivity index (χ1n) is 21.4. The van der Waals surface area contributed by atoms with Crippen molar-refractivity contribution >= 4 is 46.4 Å². The third-order valence-electron chi connectivity index (χ3n) is 10.6. The van der Waals surface area contributed by atoms with Gasteiger partial charge in [-0.15, -0.1) is 53.6 Å². The van der Waals surface area contributed by atoms with Crippen molar-refractivity contribution in [2.75, 3.05) is 0 Å². The number of nitrogens with zero attached hydrogens (tertiary/aromatic N) is 4. The second-order valence-corrected chi connectivity index (χ2v) is 22.6. The van der Waals surface area contributed by atoms with Crippen molar-refractivity contribution in [1.29, 1.82) is 0 Å². The van der Waals surface area contributed by atoms with Crippen molar-refractivity contribution in [3.63, 3.8) is 0 Å². The Labute approximate surface area is 372 Å². The van der Waals surface area contributed by atoms with E-state index < -0.39 is 14.4 Å². The summed E-state index contributed by atoms with van der Waals surface area (Å²) < 4.78 is 25.9. The molecule has 4 aromatic heterocycles. The summed E-state index contributed by atoms with van der Waals surface area (Å²) in [5, 5.41) is 3.11. The van der Waals surface area contributed by atoms with E-state index in [1.54, 1.807) is 0 Å². The maximum Gasteiger partial charge on any atom is 0.216 e. The number of hydrogen-bond acceptors (Lipinski definition) is 4. The minimum absolute atomic E-state index is 0. The summed E-state index contributed by atoms with van der Waals surface area (Å²) in [6, 6.07) is 50.0. The molecule has 0 fully saturated rings. The van der Waals surface area contributed by atoms with Gasteiger partial charge >= 0.3 is 0 Å². The van der Waals surface area contributed by atoms with Crippen LogP contribution in [0.3, 0.4) is 0 Å². The van der Waals surface area contributed by atoms with Crippen molar-refractivity contribution in [3.05, 3.63) is 163 Å². The van der Waals surface area contributed by atoms with Crippen molar-refractivity contribution in [2.45, 2.75) is 73.0 Å². The molecule has 0 N–H and O–H groups in total. The number of furan rings is 1. The molecule has 0 spiro atoms. The van der Waals surface area contributed by atoms with Crippen LogP contribution in [-0.2, 0) is 31.9 Å². The predicted octanol–water partition coefficient (Wildman–Crippen LogP) is 13.3. The summed E-state index contributed by atoms with van der Waals surface area (Å²) in [6.07, 6.45) is 0.531. The molecule has 9 rings (SSSR count). The number of fused-ring (bicyclic) bond motifs is 4. The number of para-hydroxylation sites is 3. The molecule has 0 aliphatic rings. The van der Waals surface area contributed by atoms with Crippen molar-refractivity contribution in [3.8, 4) is 39.5 Å². The zero-order valence-corrected chi connectivity index (χ0v) is 39.2. The second-order valence-electron chi connectivity index (χ2n) is 17.6. The summed E-state index contributed by atoms with van der Waals surface area (Å²) in [6.45, 7) is 19.2. The third-order valence-corrected chi connectivity index (χ3v) is 12.6. The summed E-state index contributed by atoms with van der Waals surface area (Å²) >= 11 is 0. The molecule has 60 heavy (non-hydrogen) atoms. The van der Waals surface area contributed by atoms with E-state index in [1.165, 1.54) is 5.56 Å². The first-order valence-corrected chi connectivity index (χ1v) is 23.9. The first-order chi connectivity index (χ1) is 29.0. The quantitative estimate of drug-likeness (QED) is 0.118. The minimum atomic E-state index is -1.71. The Hall–Kier alpha value is -5.46. The topological polar surface area (TPSA) is 56.7 Å². The fraction of sp³-hybridized carbons (Fsp3) is 0.226. The van der Waals surface area contributed by atoms with Crippen LogP contribution in [0.4, 0.5) is 0 Å². The van der Waals surface area contributed by atoms with E-state index in [4.69, 9.17) is 17.1 Å². The fourth-order valence-corrected chi connectivity index (χ4v) is 8.96. The zero-order chi connectivity index (χ0) is 43.3. The van der Waals surface area contributed by atoms with Gasteiger partial charge in [-0.25, -0.2) is 4.98 Å². The third kappa shape index (κ3) is 8.71. The molecule has 0 saturated carbocycles. The molecule has 0 unspecified atom stereocenters. The maximum atomic E-state index is 8.69. The Bertz CT molecular complexity index is 3030. The van der Waals surface area contributed by atoms with Crippen LogP contribution in [0, 0.1) is 25.0 Å². The standard InChI is InChI=1S/C31H20N3O.C22H32NSi.Ir/c1-20-18-19-24-23-13-9-14-25(29(23)35-31(24)32-20)30-33-26-15-6-8-17-28(26)34(30)27-16-7-5-12-22(27)21-10-3-2-4-11-21;1-16(2)12-18-14-20(23-15-21(18)24(6,7)8)17-10-9-11-19(13-17)22(3,4)5;/h2-13,15-19H,1H3;9,11,13-16H,12H2,1-8H3;/q2*-1;/i;12D2;. The summed E-state index contributed by atoms with van der Waals surface area (Å²) in [5.74, 6) is 0.689. The number of aromatic nitrogens is 4. The molecule has 9 aromatic rings. The molecular formula is C53H52IrN4OSi-2. The van der Waals surface area contributed by atoms with Gasteiger partial charge in [-0.3, -0.25) is 4.98 Å². The van der Waals surface area contributed by atoms with E-state index in [0.29, 0.717) is 5.71 Å². The molecule has 5 nitrogen and oxygen atoms in total. The normalized spacial score (nSPS) is 12.6. The average Bonchev–Trinajstić information content (AvgIpc) is 3.81. The SMILES string of the molecule is Cc1ccc2c(n1)oc1c(-c3nc4ccccc4n3-c3ccccc3-c3ccccc3)[c-]ccc12.[2H]C([2H])(c1cc(-c2[c-]ccc(C(C)(C)C)c2)ncc1[Si](C)(C)C)C(C)C.[Ir]. The molecule has 1 radical (unpaired) electrons. The van der Waals surface area contributed by atoms with Gasteiger partial charge in [-0.05, 0) is 71.4 Å². The number of hydrogen-bond donors (Lipinski definition) is 0. The molecule has 0 amide bonds. The fourth-order valence-electron chi connectivity index (χ4n) is 7.56. The van der Waals surface area contributed by atoms with Crippen molar-refractivity contribution in [1.82, 2.24) is 19.5 Å². The number of pyridine rings is 2. The average molecular weight is 983 g/mol. The Balaban J connectivity index is 0.000000193. The predicted molar refractivity (Wildman–Crippen MR) is 249 cm³/mol. The summed E-state index contributed by atoms with van der Waals surface area (Å²) in [5.41, 5.74) is 12.2. The van der Waals surface area contributed by atoms with Crippen LogP contribution in [0.2, 0.25) is 19.6 Å². The van der Waals surface area contributed by atoms with E-state index in [-0.39, 0.29) is 31.4 Å². The van der Waals surface area contributed by atoms with Crippen molar-refractivity contribution in [2.24, 2.45) is 5.92 Å². The monoisotopic (exact) mass is 983 g/mol. The molecule has 0 atom stereocenters. The Morgan fingerprint density at radius 3 is 2.27 bits per heavy atom. The van der Waals surface area contributed by atoms with Gasteiger partial charge in [-0.1, -0.05) is 138 Å². The molecule has 0 aliphatic heterocycles. The van der Waals surface area contributed by atoms with E-state index >= 15 is 0 Å². The van der Waals surface area contributed by atoms with E-state index in [1.807, 2.05) is 81.6 Å². The van der Waals surface area contributed by atoms with E-state index in [9.17, 15) is 0 Å². The maximum absolute atomic E-state index is 8.69. The molecule has 0 aliphatic carbocycles. The van der Waals surface area contributed by atoms with Gasteiger partial charge in [0.15, 0.2) is 0 Å².